The van der Waals surface area contributed by atoms with Crippen LogP contribution in [0, 0.1) is 6.92 Å². The van der Waals surface area contributed by atoms with Crippen molar-refractivity contribution in [1.82, 2.24) is 5.32 Å². The van der Waals surface area contributed by atoms with Gasteiger partial charge in [-0.05, 0) is 31.4 Å². The summed E-state index contributed by atoms with van der Waals surface area (Å²) in [7, 11) is 0. The van der Waals surface area contributed by atoms with Gasteiger partial charge >= 0.3 is 0 Å². The molecule has 0 saturated carbocycles. The van der Waals surface area contributed by atoms with Gasteiger partial charge in [-0.3, -0.25) is 4.79 Å². The van der Waals surface area contributed by atoms with Crippen molar-refractivity contribution in [3.63, 3.8) is 0 Å². The summed E-state index contributed by atoms with van der Waals surface area (Å²) in [4.78, 5) is 11.7. The van der Waals surface area contributed by atoms with Crippen LogP contribution >= 0.6 is 0 Å². The Morgan fingerprint density at radius 1 is 1.44 bits per heavy atom. The fraction of sp³-hybridized carbons (Fsp3) is 0.462. The van der Waals surface area contributed by atoms with E-state index in [1.54, 1.807) is 6.92 Å². The van der Waals surface area contributed by atoms with Crippen molar-refractivity contribution in [2.24, 2.45) is 5.73 Å². The van der Waals surface area contributed by atoms with Crippen molar-refractivity contribution >= 4 is 5.91 Å². The van der Waals surface area contributed by atoms with Crippen molar-refractivity contribution in [2.45, 2.75) is 39.3 Å². The van der Waals surface area contributed by atoms with Gasteiger partial charge in [0.1, 0.15) is 0 Å². The van der Waals surface area contributed by atoms with E-state index in [2.05, 4.69) is 5.32 Å². The molecule has 16 heavy (non-hydrogen) atoms. The van der Waals surface area contributed by atoms with E-state index in [9.17, 15) is 4.79 Å². The minimum atomic E-state index is -0.775. The third kappa shape index (κ3) is 3.07. The van der Waals surface area contributed by atoms with E-state index in [1.165, 1.54) is 5.56 Å². The van der Waals surface area contributed by atoms with Gasteiger partial charge in [-0.2, -0.15) is 0 Å². The highest BCUT2D eigenvalue weighted by Crippen LogP contribution is 2.08. The molecule has 0 bridgehead atoms. The Morgan fingerprint density at radius 3 is 2.62 bits per heavy atom. The minimum Gasteiger partial charge on any atom is -0.350 e. The summed E-state index contributed by atoms with van der Waals surface area (Å²) in [6, 6.07) is 7.99. The number of amides is 1. The summed E-state index contributed by atoms with van der Waals surface area (Å²) < 4.78 is 0. The Hall–Kier alpha value is -1.35. The number of hydrogen-bond donors (Lipinski definition) is 2. The van der Waals surface area contributed by atoms with Gasteiger partial charge in [0.25, 0.3) is 0 Å². The largest absolute Gasteiger partial charge is 0.350 e. The van der Waals surface area contributed by atoms with E-state index >= 15 is 0 Å². The summed E-state index contributed by atoms with van der Waals surface area (Å²) >= 11 is 0. The molecular formula is C13H20N2O. The normalized spacial score (nSPS) is 14.2. The van der Waals surface area contributed by atoms with Crippen molar-refractivity contribution in [3.8, 4) is 0 Å². The molecule has 0 aromatic heterocycles. The van der Waals surface area contributed by atoms with Crippen LogP contribution in [-0.2, 0) is 11.3 Å². The molecule has 0 fully saturated rings. The van der Waals surface area contributed by atoms with E-state index < -0.39 is 5.54 Å². The van der Waals surface area contributed by atoms with Gasteiger partial charge in [0.05, 0.1) is 5.54 Å². The number of carbonyl (C=O) groups is 1. The molecule has 0 aliphatic heterocycles. The lowest BCUT2D eigenvalue weighted by Gasteiger charge is -2.21. The predicted octanol–water partition coefficient (Wildman–Crippen LogP) is 1.74. The quantitative estimate of drug-likeness (QED) is 0.812. The molecule has 0 heterocycles. The number of hydrogen-bond acceptors (Lipinski definition) is 2. The lowest BCUT2D eigenvalue weighted by molar-refractivity contribution is -0.126. The van der Waals surface area contributed by atoms with Crippen LogP contribution < -0.4 is 11.1 Å². The molecule has 1 unspecified atom stereocenters. The molecule has 1 atom stereocenters. The maximum atomic E-state index is 11.7. The molecule has 1 aromatic rings. The van der Waals surface area contributed by atoms with Gasteiger partial charge in [-0.1, -0.05) is 31.2 Å². The summed E-state index contributed by atoms with van der Waals surface area (Å²) in [5.74, 6) is -0.0988. The number of nitrogens with two attached hydrogens (primary N) is 1. The predicted molar refractivity (Wildman–Crippen MR) is 65.9 cm³/mol. The van der Waals surface area contributed by atoms with E-state index in [-0.39, 0.29) is 5.91 Å². The monoisotopic (exact) mass is 220 g/mol. The van der Waals surface area contributed by atoms with Crippen LogP contribution in [-0.4, -0.2) is 11.4 Å². The van der Waals surface area contributed by atoms with Crippen molar-refractivity contribution in [2.75, 3.05) is 0 Å². The lowest BCUT2D eigenvalue weighted by atomic mass is 9.99. The summed E-state index contributed by atoms with van der Waals surface area (Å²) in [6.45, 7) is 6.23. The van der Waals surface area contributed by atoms with E-state index in [0.717, 1.165) is 5.56 Å². The third-order valence-electron chi connectivity index (χ3n) is 2.95. The van der Waals surface area contributed by atoms with E-state index in [0.29, 0.717) is 13.0 Å². The minimum absolute atomic E-state index is 0.0988. The zero-order valence-electron chi connectivity index (χ0n) is 10.2. The maximum Gasteiger partial charge on any atom is 0.240 e. The lowest BCUT2D eigenvalue weighted by Crippen LogP contribution is -2.50. The molecule has 1 aromatic carbocycles. The SMILES string of the molecule is CCC(C)(N)C(=O)NCc1ccccc1C. The topological polar surface area (TPSA) is 55.1 Å². The Morgan fingerprint density at radius 2 is 2.06 bits per heavy atom. The first-order valence-corrected chi connectivity index (χ1v) is 5.59. The number of rotatable bonds is 4. The van der Waals surface area contributed by atoms with Crippen LogP contribution in [0.5, 0.6) is 0 Å². The summed E-state index contributed by atoms with van der Waals surface area (Å²) in [5, 5.41) is 2.87. The first kappa shape index (κ1) is 12.7. The average Bonchev–Trinajstić information content (AvgIpc) is 2.27. The number of nitrogens with one attached hydrogen (secondary N) is 1. The number of benzene rings is 1. The summed E-state index contributed by atoms with van der Waals surface area (Å²) in [5.41, 5.74) is 7.38. The molecule has 0 radical (unpaired) electrons. The highest BCUT2D eigenvalue weighted by atomic mass is 16.2. The molecular weight excluding hydrogens is 200 g/mol. The van der Waals surface area contributed by atoms with E-state index in [4.69, 9.17) is 5.73 Å². The average molecular weight is 220 g/mol. The molecule has 0 aliphatic rings. The van der Waals surface area contributed by atoms with Crippen LogP contribution in [0.15, 0.2) is 24.3 Å². The Balaban J connectivity index is 2.59. The van der Waals surface area contributed by atoms with Gasteiger partial charge in [0, 0.05) is 6.54 Å². The second kappa shape index (κ2) is 5.12. The summed E-state index contributed by atoms with van der Waals surface area (Å²) in [6.07, 6.45) is 0.632. The zero-order chi connectivity index (χ0) is 12.2. The van der Waals surface area contributed by atoms with Crippen LogP contribution in [0.4, 0.5) is 0 Å². The van der Waals surface area contributed by atoms with Crippen molar-refractivity contribution in [3.05, 3.63) is 35.4 Å². The second-order valence-electron chi connectivity index (χ2n) is 4.38. The van der Waals surface area contributed by atoms with Gasteiger partial charge in [-0.25, -0.2) is 0 Å². The van der Waals surface area contributed by atoms with Gasteiger partial charge < -0.3 is 11.1 Å². The molecule has 1 rings (SSSR count). The molecule has 0 saturated heterocycles. The van der Waals surface area contributed by atoms with Gasteiger partial charge in [-0.15, -0.1) is 0 Å². The van der Waals surface area contributed by atoms with Crippen LogP contribution in [0.25, 0.3) is 0 Å². The van der Waals surface area contributed by atoms with Crippen molar-refractivity contribution < 1.29 is 4.79 Å². The Bertz CT molecular complexity index is 372. The number of carbonyl (C=O) groups excluding carboxylic acids is 1. The highest BCUT2D eigenvalue weighted by Gasteiger charge is 2.25. The van der Waals surface area contributed by atoms with Crippen LogP contribution in [0.3, 0.4) is 0 Å². The zero-order valence-corrected chi connectivity index (χ0v) is 10.2. The molecule has 0 spiro atoms. The van der Waals surface area contributed by atoms with Crippen LogP contribution in [0.1, 0.15) is 31.4 Å². The van der Waals surface area contributed by atoms with E-state index in [1.807, 2.05) is 38.1 Å². The maximum absolute atomic E-state index is 11.7. The van der Waals surface area contributed by atoms with Gasteiger partial charge in [0.2, 0.25) is 5.91 Å². The second-order valence-corrected chi connectivity index (χ2v) is 4.38. The third-order valence-corrected chi connectivity index (χ3v) is 2.95. The molecule has 3 N–H and O–H groups in total. The molecule has 88 valence electrons. The molecule has 0 aliphatic carbocycles. The van der Waals surface area contributed by atoms with Crippen molar-refractivity contribution in [1.29, 1.82) is 0 Å². The molecule has 3 heteroatoms. The highest BCUT2D eigenvalue weighted by molar-refractivity contribution is 5.85. The first-order valence-electron chi connectivity index (χ1n) is 5.59. The molecule has 3 nitrogen and oxygen atoms in total. The smallest absolute Gasteiger partial charge is 0.240 e. The Labute approximate surface area is 97.0 Å². The first-order chi connectivity index (χ1) is 7.47. The van der Waals surface area contributed by atoms with Gasteiger partial charge in [0.15, 0.2) is 0 Å². The fourth-order valence-electron chi connectivity index (χ4n) is 1.35. The molecule has 1 amide bonds. The van der Waals surface area contributed by atoms with Crippen LogP contribution in [0.2, 0.25) is 0 Å². The standard InChI is InChI=1S/C13H20N2O/c1-4-13(3,14)12(16)15-9-11-8-6-5-7-10(11)2/h5-8H,4,9,14H2,1-3H3,(H,15,16). The fourth-order valence-corrected chi connectivity index (χ4v) is 1.35. The Kier molecular flexibility index (Phi) is 4.07. The number of aryl methyl sites for hydroxylation is 1.